The number of para-hydroxylation sites is 1. The SMILES string of the molecule is ClC1OCCC1Nc1ccccc1. The van der Waals surface area contributed by atoms with Crippen LogP contribution in [0.15, 0.2) is 30.3 Å². The lowest BCUT2D eigenvalue weighted by molar-refractivity contribution is 0.165. The lowest BCUT2D eigenvalue weighted by Gasteiger charge is -2.15. The molecule has 0 aromatic heterocycles. The Hall–Kier alpha value is -0.730. The van der Waals surface area contributed by atoms with E-state index >= 15 is 0 Å². The third-order valence-electron chi connectivity index (χ3n) is 2.15. The second-order valence-corrected chi connectivity index (χ2v) is 3.56. The highest BCUT2D eigenvalue weighted by molar-refractivity contribution is 6.20. The molecule has 0 radical (unpaired) electrons. The Balaban J connectivity index is 1.98. The second-order valence-electron chi connectivity index (χ2n) is 3.13. The smallest absolute Gasteiger partial charge is 0.151 e. The lowest BCUT2D eigenvalue weighted by Crippen LogP contribution is -2.24. The van der Waals surface area contributed by atoms with Crippen molar-refractivity contribution in [1.29, 1.82) is 0 Å². The normalized spacial score (nSPS) is 27.5. The molecular weight excluding hydrogens is 186 g/mol. The molecule has 1 saturated heterocycles. The molecule has 2 atom stereocenters. The highest BCUT2D eigenvalue weighted by Gasteiger charge is 2.25. The van der Waals surface area contributed by atoms with E-state index < -0.39 is 0 Å². The van der Waals surface area contributed by atoms with Gasteiger partial charge in [-0.1, -0.05) is 29.8 Å². The van der Waals surface area contributed by atoms with E-state index in [4.69, 9.17) is 16.3 Å². The maximum atomic E-state index is 5.94. The van der Waals surface area contributed by atoms with Gasteiger partial charge in [-0.25, -0.2) is 0 Å². The molecule has 1 heterocycles. The molecule has 0 saturated carbocycles. The fourth-order valence-electron chi connectivity index (χ4n) is 1.44. The summed E-state index contributed by atoms with van der Waals surface area (Å²) in [4.78, 5) is 0. The zero-order chi connectivity index (χ0) is 9.10. The number of anilines is 1. The molecule has 1 N–H and O–H groups in total. The number of benzene rings is 1. The van der Waals surface area contributed by atoms with Gasteiger partial charge in [0.2, 0.25) is 0 Å². The Morgan fingerprint density at radius 3 is 2.69 bits per heavy atom. The van der Waals surface area contributed by atoms with Crippen molar-refractivity contribution >= 4 is 17.3 Å². The van der Waals surface area contributed by atoms with Crippen LogP contribution in [0.4, 0.5) is 5.69 Å². The van der Waals surface area contributed by atoms with Gasteiger partial charge in [-0.15, -0.1) is 0 Å². The fraction of sp³-hybridized carbons (Fsp3) is 0.400. The van der Waals surface area contributed by atoms with E-state index in [9.17, 15) is 0 Å². The van der Waals surface area contributed by atoms with Gasteiger partial charge in [0, 0.05) is 5.69 Å². The molecule has 1 aromatic rings. The molecule has 0 amide bonds. The van der Waals surface area contributed by atoms with Crippen molar-refractivity contribution in [2.75, 3.05) is 11.9 Å². The van der Waals surface area contributed by atoms with Gasteiger partial charge in [-0.3, -0.25) is 0 Å². The number of rotatable bonds is 2. The summed E-state index contributed by atoms with van der Waals surface area (Å²) in [7, 11) is 0. The first-order valence-corrected chi connectivity index (χ1v) is 4.87. The summed E-state index contributed by atoms with van der Waals surface area (Å²) in [5.41, 5.74) is 0.906. The largest absolute Gasteiger partial charge is 0.378 e. The Morgan fingerprint density at radius 2 is 2.08 bits per heavy atom. The molecule has 2 nitrogen and oxygen atoms in total. The van der Waals surface area contributed by atoms with Crippen molar-refractivity contribution in [3.8, 4) is 0 Å². The minimum Gasteiger partial charge on any atom is -0.378 e. The van der Waals surface area contributed by atoms with Crippen molar-refractivity contribution in [2.45, 2.75) is 18.0 Å². The molecule has 1 aliphatic heterocycles. The lowest BCUT2D eigenvalue weighted by atomic mass is 10.2. The Kier molecular flexibility index (Phi) is 2.71. The summed E-state index contributed by atoms with van der Waals surface area (Å²) in [5.74, 6) is 0. The van der Waals surface area contributed by atoms with Crippen LogP contribution < -0.4 is 5.32 Å². The number of nitrogens with one attached hydrogen (secondary N) is 1. The summed E-state index contributed by atoms with van der Waals surface area (Å²) < 4.78 is 5.24. The summed E-state index contributed by atoms with van der Waals surface area (Å²) in [6, 6.07) is 10.3. The topological polar surface area (TPSA) is 21.3 Å². The van der Waals surface area contributed by atoms with Crippen LogP contribution in [0.5, 0.6) is 0 Å². The van der Waals surface area contributed by atoms with E-state index in [1.807, 2.05) is 30.3 Å². The average Bonchev–Trinajstić information content (AvgIpc) is 2.54. The Bertz CT molecular complexity index is 265. The molecule has 70 valence electrons. The number of halogens is 1. The van der Waals surface area contributed by atoms with E-state index in [-0.39, 0.29) is 11.6 Å². The summed E-state index contributed by atoms with van der Waals surface area (Å²) in [5, 5.41) is 3.33. The standard InChI is InChI=1S/C10H12ClNO/c11-10-9(6-7-13-10)12-8-4-2-1-3-5-8/h1-5,9-10,12H,6-7H2. The van der Waals surface area contributed by atoms with E-state index in [0.29, 0.717) is 0 Å². The highest BCUT2D eigenvalue weighted by atomic mass is 35.5. The minimum absolute atomic E-state index is 0.194. The van der Waals surface area contributed by atoms with E-state index in [1.165, 1.54) is 0 Å². The Labute approximate surface area is 82.9 Å². The number of hydrogen-bond donors (Lipinski definition) is 1. The van der Waals surface area contributed by atoms with Crippen molar-refractivity contribution in [3.63, 3.8) is 0 Å². The monoisotopic (exact) mass is 197 g/mol. The van der Waals surface area contributed by atoms with Gasteiger partial charge in [-0.05, 0) is 18.6 Å². The van der Waals surface area contributed by atoms with E-state index in [1.54, 1.807) is 0 Å². The first-order valence-electron chi connectivity index (χ1n) is 4.43. The maximum absolute atomic E-state index is 5.94. The molecule has 13 heavy (non-hydrogen) atoms. The second kappa shape index (κ2) is 3.99. The van der Waals surface area contributed by atoms with Crippen molar-refractivity contribution in [1.82, 2.24) is 0 Å². The molecule has 2 unspecified atom stereocenters. The maximum Gasteiger partial charge on any atom is 0.151 e. The third-order valence-corrected chi connectivity index (χ3v) is 2.58. The minimum atomic E-state index is -0.194. The molecule has 1 aliphatic rings. The van der Waals surface area contributed by atoms with Crippen LogP contribution in [0.3, 0.4) is 0 Å². The van der Waals surface area contributed by atoms with Crippen LogP contribution in [0.1, 0.15) is 6.42 Å². The van der Waals surface area contributed by atoms with Gasteiger partial charge in [0.05, 0.1) is 12.6 Å². The quantitative estimate of drug-likeness (QED) is 0.736. The van der Waals surface area contributed by atoms with Gasteiger partial charge >= 0.3 is 0 Å². The molecule has 0 spiro atoms. The number of hydrogen-bond acceptors (Lipinski definition) is 2. The van der Waals surface area contributed by atoms with Gasteiger partial charge in [0.25, 0.3) is 0 Å². The van der Waals surface area contributed by atoms with Gasteiger partial charge < -0.3 is 10.1 Å². The third kappa shape index (κ3) is 2.14. The first-order chi connectivity index (χ1) is 6.36. The van der Waals surface area contributed by atoms with Gasteiger partial charge in [-0.2, -0.15) is 0 Å². The molecule has 1 fully saturated rings. The molecule has 0 aliphatic carbocycles. The highest BCUT2D eigenvalue weighted by Crippen LogP contribution is 2.21. The van der Waals surface area contributed by atoms with Gasteiger partial charge in [0.15, 0.2) is 5.56 Å². The zero-order valence-corrected chi connectivity index (χ0v) is 8.00. The summed E-state index contributed by atoms with van der Waals surface area (Å²) in [6.45, 7) is 0.749. The molecule has 2 rings (SSSR count). The number of ether oxygens (including phenoxy) is 1. The van der Waals surface area contributed by atoms with Crippen molar-refractivity contribution in [3.05, 3.63) is 30.3 Å². The van der Waals surface area contributed by atoms with E-state index in [0.717, 1.165) is 18.7 Å². The summed E-state index contributed by atoms with van der Waals surface area (Å²) >= 11 is 5.94. The predicted molar refractivity (Wildman–Crippen MR) is 54.1 cm³/mol. The average molecular weight is 198 g/mol. The number of alkyl halides is 1. The van der Waals surface area contributed by atoms with Crippen LogP contribution in [-0.4, -0.2) is 18.2 Å². The molecule has 3 heteroatoms. The van der Waals surface area contributed by atoms with Crippen LogP contribution >= 0.6 is 11.6 Å². The molecular formula is C10H12ClNO. The van der Waals surface area contributed by atoms with Crippen LogP contribution in [0, 0.1) is 0 Å². The van der Waals surface area contributed by atoms with Crippen LogP contribution in [-0.2, 0) is 4.74 Å². The van der Waals surface area contributed by atoms with Crippen LogP contribution in [0.25, 0.3) is 0 Å². The van der Waals surface area contributed by atoms with Crippen molar-refractivity contribution in [2.24, 2.45) is 0 Å². The predicted octanol–water partition coefficient (Wildman–Crippen LogP) is 2.45. The van der Waals surface area contributed by atoms with Crippen LogP contribution in [0.2, 0.25) is 0 Å². The van der Waals surface area contributed by atoms with Crippen molar-refractivity contribution < 1.29 is 4.74 Å². The fourth-order valence-corrected chi connectivity index (χ4v) is 1.72. The molecule has 0 bridgehead atoms. The first kappa shape index (κ1) is 8.85. The van der Waals surface area contributed by atoms with E-state index in [2.05, 4.69) is 5.32 Å². The Morgan fingerprint density at radius 1 is 1.31 bits per heavy atom. The summed E-state index contributed by atoms with van der Waals surface area (Å²) in [6.07, 6.45) is 0.975. The zero-order valence-electron chi connectivity index (χ0n) is 7.24. The van der Waals surface area contributed by atoms with Gasteiger partial charge in [0.1, 0.15) is 0 Å². The molecule has 1 aromatic carbocycles.